The van der Waals surface area contributed by atoms with E-state index in [1.165, 1.54) is 12.1 Å². The molecule has 2 nitrogen and oxygen atoms in total. The monoisotopic (exact) mass is 348 g/mol. The third-order valence-corrected chi connectivity index (χ3v) is 3.26. The van der Waals surface area contributed by atoms with Gasteiger partial charge in [-0.05, 0) is 42.5 Å². The van der Waals surface area contributed by atoms with E-state index in [4.69, 9.17) is 27.9 Å². The summed E-state index contributed by atoms with van der Waals surface area (Å²) in [6.45, 7) is -0.223. The van der Waals surface area contributed by atoms with E-state index < -0.39 is 17.5 Å². The Bertz CT molecular complexity index is 682. The molecule has 0 amide bonds. The molecule has 0 fully saturated rings. The molecule has 0 saturated heterocycles. The summed E-state index contributed by atoms with van der Waals surface area (Å²) in [5, 5.41) is 0.719. The number of alkyl halides is 3. The Morgan fingerprint density at radius 3 is 2.18 bits per heavy atom. The zero-order chi connectivity index (χ0) is 16.3. The first-order valence-electron chi connectivity index (χ1n) is 6.05. The van der Waals surface area contributed by atoms with E-state index in [9.17, 15) is 18.0 Å². The highest BCUT2D eigenvalue weighted by atomic mass is 35.5. The highest BCUT2D eigenvalue weighted by molar-refractivity contribution is 6.31. The van der Waals surface area contributed by atoms with Crippen molar-refractivity contribution in [2.45, 2.75) is 12.8 Å². The number of ether oxygens (including phenoxy) is 1. The molecule has 0 saturated carbocycles. The van der Waals surface area contributed by atoms with Gasteiger partial charge in [-0.1, -0.05) is 23.2 Å². The van der Waals surface area contributed by atoms with Crippen LogP contribution in [0.5, 0.6) is 5.75 Å². The Kier molecular flexibility index (Phi) is 4.98. The van der Waals surface area contributed by atoms with Crippen LogP contribution < -0.4 is 4.74 Å². The van der Waals surface area contributed by atoms with Gasteiger partial charge in [0.25, 0.3) is 5.78 Å². The van der Waals surface area contributed by atoms with Crippen molar-refractivity contribution >= 4 is 29.0 Å². The molecular formula is C15H9Cl2F3O2. The summed E-state index contributed by atoms with van der Waals surface area (Å²) in [5.74, 6) is -1.52. The Labute approximate surface area is 134 Å². The van der Waals surface area contributed by atoms with E-state index in [2.05, 4.69) is 0 Å². The Morgan fingerprint density at radius 2 is 1.59 bits per heavy atom. The Hall–Kier alpha value is -1.72. The van der Waals surface area contributed by atoms with E-state index in [1.54, 1.807) is 24.3 Å². The van der Waals surface area contributed by atoms with Crippen LogP contribution in [-0.2, 0) is 6.61 Å². The summed E-state index contributed by atoms with van der Waals surface area (Å²) in [5.41, 5.74) is -0.421. The molecule has 0 heterocycles. The largest absolute Gasteiger partial charge is 0.489 e. The van der Waals surface area contributed by atoms with Crippen molar-refractivity contribution in [1.29, 1.82) is 0 Å². The molecule has 0 radical (unpaired) electrons. The van der Waals surface area contributed by atoms with Gasteiger partial charge in [0.05, 0.1) is 0 Å². The van der Waals surface area contributed by atoms with E-state index in [0.29, 0.717) is 10.8 Å². The number of hydrogen-bond acceptors (Lipinski definition) is 2. The minimum Gasteiger partial charge on any atom is -0.489 e. The summed E-state index contributed by atoms with van der Waals surface area (Å²) in [7, 11) is 0. The number of ketones is 1. The molecule has 0 atom stereocenters. The van der Waals surface area contributed by atoms with Crippen molar-refractivity contribution in [1.82, 2.24) is 0 Å². The first kappa shape index (κ1) is 16.6. The van der Waals surface area contributed by atoms with Gasteiger partial charge in [-0.3, -0.25) is 4.79 Å². The Balaban J connectivity index is 2.24. The van der Waals surface area contributed by atoms with Crippen LogP contribution in [-0.4, -0.2) is 12.0 Å². The molecule has 0 aliphatic carbocycles. The predicted molar refractivity (Wildman–Crippen MR) is 77.6 cm³/mol. The van der Waals surface area contributed by atoms with Gasteiger partial charge in [0.1, 0.15) is 12.4 Å². The van der Waals surface area contributed by atoms with Crippen LogP contribution in [0.3, 0.4) is 0 Å². The van der Waals surface area contributed by atoms with Crippen molar-refractivity contribution in [2.75, 3.05) is 0 Å². The maximum Gasteiger partial charge on any atom is 0.454 e. The maximum absolute atomic E-state index is 12.6. The standard InChI is InChI=1S/C15H9Cl2F3O2/c16-10-1-4-12(5-2-10)22-8-9-7-11(17)3-6-13(9)14(21)15(18,19)20/h1-7H,8H2. The number of Topliss-reactive ketones (excluding diaryl/α,β-unsaturated/α-hetero) is 1. The predicted octanol–water partition coefficient (Wildman–Crippen LogP) is 5.32. The van der Waals surface area contributed by atoms with Crippen LogP contribution in [0.15, 0.2) is 42.5 Å². The minimum atomic E-state index is -4.96. The van der Waals surface area contributed by atoms with Crippen molar-refractivity contribution in [3.8, 4) is 5.75 Å². The summed E-state index contributed by atoms with van der Waals surface area (Å²) in [4.78, 5) is 11.4. The van der Waals surface area contributed by atoms with Gasteiger partial charge in [0, 0.05) is 21.2 Å². The molecule has 0 spiro atoms. The second kappa shape index (κ2) is 6.58. The summed E-state index contributed by atoms with van der Waals surface area (Å²) in [6, 6.07) is 9.84. The molecule has 0 bridgehead atoms. The minimum absolute atomic E-state index is 0.0600. The normalized spacial score (nSPS) is 11.3. The SMILES string of the molecule is O=C(c1ccc(Cl)cc1COc1ccc(Cl)cc1)C(F)(F)F. The van der Waals surface area contributed by atoms with Gasteiger partial charge in [0.2, 0.25) is 0 Å². The quantitative estimate of drug-likeness (QED) is 0.699. The molecule has 0 N–H and O–H groups in total. The lowest BCUT2D eigenvalue weighted by molar-refractivity contribution is -0.0886. The van der Waals surface area contributed by atoms with E-state index in [-0.39, 0.29) is 17.2 Å². The van der Waals surface area contributed by atoms with Crippen molar-refractivity contribution < 1.29 is 22.7 Å². The van der Waals surface area contributed by atoms with Crippen molar-refractivity contribution in [2.24, 2.45) is 0 Å². The molecule has 2 rings (SSSR count). The number of carbonyl (C=O) groups is 1. The zero-order valence-electron chi connectivity index (χ0n) is 11.0. The van der Waals surface area contributed by atoms with E-state index in [1.807, 2.05) is 0 Å². The Morgan fingerprint density at radius 1 is 1.00 bits per heavy atom. The van der Waals surface area contributed by atoms with Crippen molar-refractivity contribution in [3.63, 3.8) is 0 Å². The molecule has 22 heavy (non-hydrogen) atoms. The smallest absolute Gasteiger partial charge is 0.454 e. The molecule has 0 aliphatic rings. The fourth-order valence-electron chi connectivity index (χ4n) is 1.75. The second-order valence-corrected chi connectivity index (χ2v) is 5.24. The molecular weight excluding hydrogens is 340 g/mol. The molecule has 0 aliphatic heterocycles. The van der Waals surface area contributed by atoms with Crippen LogP contribution in [0, 0.1) is 0 Å². The number of rotatable bonds is 4. The molecule has 2 aromatic rings. The van der Waals surface area contributed by atoms with Gasteiger partial charge in [-0.25, -0.2) is 0 Å². The molecule has 7 heteroatoms. The number of benzene rings is 2. The number of halogens is 5. The third kappa shape index (κ3) is 4.15. The van der Waals surface area contributed by atoms with Gasteiger partial charge < -0.3 is 4.74 Å². The molecule has 0 unspecified atom stereocenters. The van der Waals surface area contributed by atoms with Gasteiger partial charge in [-0.15, -0.1) is 0 Å². The fourth-order valence-corrected chi connectivity index (χ4v) is 2.07. The van der Waals surface area contributed by atoms with Crippen LogP contribution in [0.2, 0.25) is 10.0 Å². The van der Waals surface area contributed by atoms with Crippen LogP contribution in [0.4, 0.5) is 13.2 Å². The van der Waals surface area contributed by atoms with E-state index >= 15 is 0 Å². The molecule has 2 aromatic carbocycles. The summed E-state index contributed by atoms with van der Waals surface area (Å²) >= 11 is 11.5. The van der Waals surface area contributed by atoms with Gasteiger partial charge in [0.15, 0.2) is 0 Å². The first-order chi connectivity index (χ1) is 10.3. The van der Waals surface area contributed by atoms with Crippen molar-refractivity contribution in [3.05, 3.63) is 63.6 Å². The van der Waals surface area contributed by atoms with Crippen LogP contribution in [0.25, 0.3) is 0 Å². The average Bonchev–Trinajstić information content (AvgIpc) is 2.45. The topological polar surface area (TPSA) is 26.3 Å². The first-order valence-corrected chi connectivity index (χ1v) is 6.81. The summed E-state index contributed by atoms with van der Waals surface area (Å²) < 4.78 is 43.1. The highest BCUT2D eigenvalue weighted by Crippen LogP contribution is 2.26. The second-order valence-electron chi connectivity index (χ2n) is 4.37. The van der Waals surface area contributed by atoms with E-state index in [0.717, 1.165) is 6.07 Å². The lowest BCUT2D eigenvalue weighted by Gasteiger charge is -2.12. The lowest BCUT2D eigenvalue weighted by atomic mass is 10.0. The van der Waals surface area contributed by atoms with Gasteiger partial charge >= 0.3 is 6.18 Å². The van der Waals surface area contributed by atoms with Gasteiger partial charge in [-0.2, -0.15) is 13.2 Å². The summed E-state index contributed by atoms with van der Waals surface area (Å²) in [6.07, 6.45) is -4.96. The van der Waals surface area contributed by atoms with Crippen LogP contribution in [0.1, 0.15) is 15.9 Å². The number of carbonyl (C=O) groups excluding carboxylic acids is 1. The maximum atomic E-state index is 12.6. The van der Waals surface area contributed by atoms with Crippen LogP contribution >= 0.6 is 23.2 Å². The zero-order valence-corrected chi connectivity index (χ0v) is 12.5. The molecule has 0 aromatic heterocycles. The average molecular weight is 349 g/mol. The fraction of sp³-hybridized carbons (Fsp3) is 0.133. The lowest BCUT2D eigenvalue weighted by Crippen LogP contribution is -2.24. The number of hydrogen-bond donors (Lipinski definition) is 0. The highest BCUT2D eigenvalue weighted by Gasteiger charge is 2.40. The molecule has 116 valence electrons. The third-order valence-electron chi connectivity index (χ3n) is 2.78.